The highest BCUT2D eigenvalue weighted by Crippen LogP contribution is 2.20. The molecule has 1 unspecified atom stereocenters. The lowest BCUT2D eigenvalue weighted by atomic mass is 10.0. The minimum atomic E-state index is -0.276. The van der Waals surface area contributed by atoms with Crippen LogP contribution in [0, 0.1) is 6.92 Å². The molecule has 102 valence electrons. The first-order valence-corrected chi connectivity index (χ1v) is 6.54. The lowest BCUT2D eigenvalue weighted by Gasteiger charge is -2.26. The molecule has 3 nitrogen and oxygen atoms in total. The van der Waals surface area contributed by atoms with Crippen LogP contribution in [0.25, 0.3) is 0 Å². The molecule has 0 heterocycles. The fourth-order valence-electron chi connectivity index (χ4n) is 2.01. The molecule has 4 heteroatoms. The fourth-order valence-corrected chi connectivity index (χ4v) is 2.32. The molecule has 18 heavy (non-hydrogen) atoms. The first kappa shape index (κ1) is 15.4. The number of ether oxygens (including phenoxy) is 2. The molecule has 0 aromatic heterocycles. The van der Waals surface area contributed by atoms with Crippen LogP contribution < -0.4 is 5.32 Å². The summed E-state index contributed by atoms with van der Waals surface area (Å²) in [5, 5.41) is 4.16. The maximum absolute atomic E-state index is 6.26. The molecule has 1 aromatic carbocycles. The summed E-state index contributed by atoms with van der Waals surface area (Å²) < 4.78 is 10.6. The van der Waals surface area contributed by atoms with Gasteiger partial charge in [0.2, 0.25) is 0 Å². The highest BCUT2D eigenvalue weighted by Gasteiger charge is 2.21. The van der Waals surface area contributed by atoms with Crippen molar-refractivity contribution in [1.82, 2.24) is 5.32 Å². The van der Waals surface area contributed by atoms with E-state index in [1.54, 1.807) is 14.2 Å². The second-order valence-corrected chi connectivity index (χ2v) is 4.71. The van der Waals surface area contributed by atoms with Gasteiger partial charge in [0, 0.05) is 19.2 Å². The molecule has 0 radical (unpaired) electrons. The number of aryl methyl sites for hydroxylation is 1. The summed E-state index contributed by atoms with van der Waals surface area (Å²) in [5.41, 5.74) is 2.27. The van der Waals surface area contributed by atoms with Crippen LogP contribution in [0.3, 0.4) is 0 Å². The maximum Gasteiger partial charge on any atom is 0.172 e. The summed E-state index contributed by atoms with van der Waals surface area (Å²) in [5.74, 6) is 0. The van der Waals surface area contributed by atoms with Crippen LogP contribution in [-0.4, -0.2) is 33.1 Å². The Hall–Kier alpha value is -0.610. The zero-order valence-electron chi connectivity index (χ0n) is 11.5. The van der Waals surface area contributed by atoms with E-state index in [2.05, 4.69) is 24.4 Å². The van der Waals surface area contributed by atoms with Gasteiger partial charge >= 0.3 is 0 Å². The molecular formula is C14H22ClNO2. The molecule has 1 N–H and O–H groups in total. The van der Waals surface area contributed by atoms with E-state index in [1.165, 1.54) is 5.56 Å². The quantitative estimate of drug-likeness (QED) is 0.774. The van der Waals surface area contributed by atoms with Crippen molar-refractivity contribution < 1.29 is 9.47 Å². The van der Waals surface area contributed by atoms with Gasteiger partial charge in [0.25, 0.3) is 0 Å². The van der Waals surface area contributed by atoms with Gasteiger partial charge in [0.1, 0.15) is 0 Å². The molecule has 0 amide bonds. The van der Waals surface area contributed by atoms with Gasteiger partial charge in [-0.15, -0.1) is 0 Å². The van der Waals surface area contributed by atoms with Crippen molar-refractivity contribution in [2.45, 2.75) is 32.6 Å². The van der Waals surface area contributed by atoms with Gasteiger partial charge in [-0.1, -0.05) is 30.7 Å². The Bertz CT molecular complexity index is 367. The SMILES string of the molecule is CCNC(Cc1ccc(C)cc1Cl)C(OC)OC. The average Bonchev–Trinajstić information content (AvgIpc) is 2.34. The van der Waals surface area contributed by atoms with Crippen LogP contribution >= 0.6 is 11.6 Å². The van der Waals surface area contributed by atoms with Crippen molar-refractivity contribution in [3.8, 4) is 0 Å². The predicted octanol–water partition coefficient (Wildman–Crippen LogP) is 2.79. The molecule has 0 saturated heterocycles. The molecule has 1 atom stereocenters. The highest BCUT2D eigenvalue weighted by molar-refractivity contribution is 6.31. The zero-order chi connectivity index (χ0) is 13.5. The number of hydrogen-bond donors (Lipinski definition) is 1. The summed E-state index contributed by atoms with van der Waals surface area (Å²) in [4.78, 5) is 0. The van der Waals surface area contributed by atoms with E-state index in [1.807, 2.05) is 13.0 Å². The lowest BCUT2D eigenvalue weighted by Crippen LogP contribution is -2.43. The van der Waals surface area contributed by atoms with Crippen LogP contribution in [0.1, 0.15) is 18.1 Å². The van der Waals surface area contributed by atoms with Crippen LogP contribution in [0.2, 0.25) is 5.02 Å². The van der Waals surface area contributed by atoms with Gasteiger partial charge < -0.3 is 14.8 Å². The average molecular weight is 272 g/mol. The molecule has 0 saturated carbocycles. The van der Waals surface area contributed by atoms with Crippen molar-refractivity contribution in [2.75, 3.05) is 20.8 Å². The minimum absolute atomic E-state index is 0.0882. The number of methoxy groups -OCH3 is 2. The number of halogens is 1. The van der Waals surface area contributed by atoms with Crippen LogP contribution in [0.5, 0.6) is 0 Å². The van der Waals surface area contributed by atoms with Gasteiger partial charge in [-0.05, 0) is 37.1 Å². The molecule has 0 aliphatic carbocycles. The number of benzene rings is 1. The smallest absolute Gasteiger partial charge is 0.172 e. The Labute approximate surface area is 114 Å². The molecule has 0 bridgehead atoms. The molecule has 0 spiro atoms. The highest BCUT2D eigenvalue weighted by atomic mass is 35.5. The Balaban J connectivity index is 2.82. The minimum Gasteiger partial charge on any atom is -0.354 e. The monoisotopic (exact) mass is 271 g/mol. The van der Waals surface area contributed by atoms with Crippen molar-refractivity contribution in [2.24, 2.45) is 0 Å². The van der Waals surface area contributed by atoms with E-state index in [9.17, 15) is 0 Å². The summed E-state index contributed by atoms with van der Waals surface area (Å²) in [6, 6.07) is 6.20. The number of hydrogen-bond acceptors (Lipinski definition) is 3. The zero-order valence-corrected chi connectivity index (χ0v) is 12.3. The Morgan fingerprint density at radius 1 is 1.28 bits per heavy atom. The van der Waals surface area contributed by atoms with E-state index in [0.29, 0.717) is 0 Å². The summed E-state index contributed by atoms with van der Waals surface area (Å²) in [6.45, 7) is 4.95. The third-order valence-electron chi connectivity index (χ3n) is 2.91. The summed E-state index contributed by atoms with van der Waals surface area (Å²) in [7, 11) is 3.30. The number of nitrogens with one attached hydrogen (secondary N) is 1. The van der Waals surface area contributed by atoms with Crippen molar-refractivity contribution in [1.29, 1.82) is 0 Å². The number of likely N-dealkylation sites (N-methyl/N-ethyl adjacent to an activating group) is 1. The van der Waals surface area contributed by atoms with Gasteiger partial charge in [-0.25, -0.2) is 0 Å². The Kier molecular flexibility index (Phi) is 6.65. The number of rotatable bonds is 7. The molecule has 1 aromatic rings. The van der Waals surface area contributed by atoms with E-state index >= 15 is 0 Å². The van der Waals surface area contributed by atoms with E-state index < -0.39 is 0 Å². The second kappa shape index (κ2) is 7.74. The molecule has 1 rings (SSSR count). The Morgan fingerprint density at radius 3 is 2.44 bits per heavy atom. The molecule has 0 aliphatic rings. The first-order chi connectivity index (χ1) is 8.62. The van der Waals surface area contributed by atoms with Gasteiger partial charge in [-0.3, -0.25) is 0 Å². The van der Waals surface area contributed by atoms with Crippen LogP contribution in [-0.2, 0) is 15.9 Å². The largest absolute Gasteiger partial charge is 0.354 e. The fraction of sp³-hybridized carbons (Fsp3) is 0.571. The summed E-state index contributed by atoms with van der Waals surface area (Å²) in [6.07, 6.45) is 0.501. The molecular weight excluding hydrogens is 250 g/mol. The normalized spacial score (nSPS) is 13.0. The van der Waals surface area contributed by atoms with E-state index in [0.717, 1.165) is 23.6 Å². The van der Waals surface area contributed by atoms with Crippen molar-refractivity contribution >= 4 is 11.6 Å². The van der Waals surface area contributed by atoms with Crippen molar-refractivity contribution in [3.63, 3.8) is 0 Å². The first-order valence-electron chi connectivity index (χ1n) is 6.16. The van der Waals surface area contributed by atoms with Gasteiger partial charge in [-0.2, -0.15) is 0 Å². The lowest BCUT2D eigenvalue weighted by molar-refractivity contribution is -0.122. The van der Waals surface area contributed by atoms with Crippen LogP contribution in [0.15, 0.2) is 18.2 Å². The maximum atomic E-state index is 6.26. The second-order valence-electron chi connectivity index (χ2n) is 4.30. The van der Waals surface area contributed by atoms with E-state index in [4.69, 9.17) is 21.1 Å². The molecule has 0 aliphatic heterocycles. The predicted molar refractivity (Wildman–Crippen MR) is 75.2 cm³/mol. The summed E-state index contributed by atoms with van der Waals surface area (Å²) >= 11 is 6.26. The van der Waals surface area contributed by atoms with Crippen LogP contribution in [0.4, 0.5) is 0 Å². The van der Waals surface area contributed by atoms with Gasteiger partial charge in [0.15, 0.2) is 6.29 Å². The van der Waals surface area contributed by atoms with E-state index in [-0.39, 0.29) is 12.3 Å². The van der Waals surface area contributed by atoms with Crippen molar-refractivity contribution in [3.05, 3.63) is 34.3 Å². The standard InChI is InChI=1S/C14H22ClNO2/c1-5-16-13(14(17-3)18-4)9-11-7-6-10(2)8-12(11)15/h6-8,13-14,16H,5,9H2,1-4H3. The third kappa shape index (κ3) is 4.25. The molecule has 0 fully saturated rings. The third-order valence-corrected chi connectivity index (χ3v) is 3.26. The topological polar surface area (TPSA) is 30.5 Å². The van der Waals surface area contributed by atoms with Gasteiger partial charge in [0.05, 0.1) is 6.04 Å². The Morgan fingerprint density at radius 2 is 1.94 bits per heavy atom.